The summed E-state index contributed by atoms with van der Waals surface area (Å²) in [6, 6.07) is 6.64. The summed E-state index contributed by atoms with van der Waals surface area (Å²) in [5.41, 5.74) is 2.95. The van der Waals surface area contributed by atoms with E-state index in [4.69, 9.17) is 0 Å². The topological polar surface area (TPSA) is 40.5 Å². The molecule has 2 unspecified atom stereocenters. The molecule has 2 atom stereocenters. The average Bonchev–Trinajstić information content (AvgIpc) is 2.37. The van der Waals surface area contributed by atoms with E-state index < -0.39 is 11.5 Å². The first kappa shape index (κ1) is 15.0. The molecule has 1 aromatic rings. The van der Waals surface area contributed by atoms with Gasteiger partial charge in [-0.05, 0) is 59.1 Å². The number of hydrogen-bond acceptors (Lipinski definition) is 2. The van der Waals surface area contributed by atoms with Gasteiger partial charge in [-0.1, -0.05) is 29.3 Å². The maximum Gasteiger partial charge on any atom is 0.323 e. The predicted octanol–water partition coefficient (Wildman–Crippen LogP) is 3.69. The molecule has 2 rings (SSSR count). The van der Waals surface area contributed by atoms with E-state index in [-0.39, 0.29) is 6.04 Å². The first-order chi connectivity index (χ1) is 9.34. The Kier molecular flexibility index (Phi) is 4.19. The number of carboxylic acids is 1. The molecule has 110 valence electrons. The van der Waals surface area contributed by atoms with Crippen LogP contribution in [-0.4, -0.2) is 28.1 Å². The van der Waals surface area contributed by atoms with E-state index in [9.17, 15) is 9.90 Å². The molecule has 0 saturated carbocycles. The highest BCUT2D eigenvalue weighted by molar-refractivity contribution is 5.78. The zero-order chi connectivity index (χ0) is 14.9. The van der Waals surface area contributed by atoms with Crippen LogP contribution in [-0.2, 0) is 4.79 Å². The highest BCUT2D eigenvalue weighted by Gasteiger charge is 2.43. The van der Waals surface area contributed by atoms with Gasteiger partial charge in [0.05, 0.1) is 0 Å². The van der Waals surface area contributed by atoms with E-state index in [1.807, 2.05) is 6.92 Å². The molecule has 0 aliphatic carbocycles. The maximum absolute atomic E-state index is 11.7. The second-order valence-corrected chi connectivity index (χ2v) is 6.33. The van der Waals surface area contributed by atoms with Crippen LogP contribution < -0.4 is 0 Å². The predicted molar refractivity (Wildman–Crippen MR) is 80.9 cm³/mol. The van der Waals surface area contributed by atoms with Gasteiger partial charge in [-0.3, -0.25) is 9.69 Å². The summed E-state index contributed by atoms with van der Waals surface area (Å²) < 4.78 is 0. The van der Waals surface area contributed by atoms with Crippen molar-refractivity contribution in [3.63, 3.8) is 0 Å². The minimum Gasteiger partial charge on any atom is -0.480 e. The van der Waals surface area contributed by atoms with Crippen molar-refractivity contribution in [3.8, 4) is 0 Å². The second-order valence-electron chi connectivity index (χ2n) is 6.33. The van der Waals surface area contributed by atoms with Gasteiger partial charge in [0.15, 0.2) is 0 Å². The molecule has 1 N–H and O–H groups in total. The van der Waals surface area contributed by atoms with E-state index in [0.29, 0.717) is 0 Å². The zero-order valence-electron chi connectivity index (χ0n) is 12.9. The number of rotatable bonds is 3. The van der Waals surface area contributed by atoms with Crippen molar-refractivity contribution in [2.24, 2.45) is 0 Å². The second kappa shape index (κ2) is 5.57. The van der Waals surface area contributed by atoms with Crippen LogP contribution in [0.3, 0.4) is 0 Å². The van der Waals surface area contributed by atoms with Gasteiger partial charge in [-0.15, -0.1) is 0 Å². The Morgan fingerprint density at radius 1 is 1.25 bits per heavy atom. The van der Waals surface area contributed by atoms with Crippen molar-refractivity contribution in [3.05, 3.63) is 34.9 Å². The first-order valence-corrected chi connectivity index (χ1v) is 7.43. The van der Waals surface area contributed by atoms with Gasteiger partial charge in [-0.25, -0.2) is 0 Å². The highest BCUT2D eigenvalue weighted by atomic mass is 16.4. The standard InChI is InChI=1S/C17H25NO2/c1-12-9-13(2)11-15(10-12)14(3)18-8-6-5-7-17(18,4)16(19)20/h9-11,14H,5-8H2,1-4H3,(H,19,20). The number of aryl methyl sites for hydroxylation is 2. The number of carboxylic acid groups (broad SMARTS) is 1. The minimum atomic E-state index is -0.741. The van der Waals surface area contributed by atoms with Crippen molar-refractivity contribution in [2.75, 3.05) is 6.54 Å². The Labute approximate surface area is 121 Å². The van der Waals surface area contributed by atoms with Crippen molar-refractivity contribution in [1.29, 1.82) is 0 Å². The fraction of sp³-hybridized carbons (Fsp3) is 0.588. The number of aliphatic carboxylic acids is 1. The summed E-state index contributed by atoms with van der Waals surface area (Å²) in [5, 5.41) is 9.63. The van der Waals surface area contributed by atoms with Gasteiger partial charge in [-0.2, -0.15) is 0 Å². The van der Waals surface area contributed by atoms with Crippen molar-refractivity contribution in [1.82, 2.24) is 4.90 Å². The number of benzene rings is 1. The Bertz CT molecular complexity index is 491. The highest BCUT2D eigenvalue weighted by Crippen LogP contribution is 2.36. The van der Waals surface area contributed by atoms with Crippen LogP contribution in [0, 0.1) is 13.8 Å². The molecule has 1 aliphatic rings. The third-order valence-corrected chi connectivity index (χ3v) is 4.60. The summed E-state index contributed by atoms with van der Waals surface area (Å²) in [4.78, 5) is 13.9. The lowest BCUT2D eigenvalue weighted by atomic mass is 9.85. The molecule has 1 aromatic carbocycles. The molecule has 0 radical (unpaired) electrons. The summed E-state index contributed by atoms with van der Waals surface area (Å²) in [6.45, 7) is 9.04. The average molecular weight is 275 g/mol. The molecule has 1 aliphatic heterocycles. The number of piperidine rings is 1. The van der Waals surface area contributed by atoms with Crippen LogP contribution in [0.1, 0.15) is 55.8 Å². The largest absolute Gasteiger partial charge is 0.480 e. The smallest absolute Gasteiger partial charge is 0.323 e. The molecule has 1 fully saturated rings. The van der Waals surface area contributed by atoms with E-state index in [1.165, 1.54) is 16.7 Å². The van der Waals surface area contributed by atoms with E-state index in [1.54, 1.807) is 0 Å². The molecule has 0 bridgehead atoms. The van der Waals surface area contributed by atoms with Gasteiger partial charge < -0.3 is 5.11 Å². The lowest BCUT2D eigenvalue weighted by Crippen LogP contribution is -2.55. The van der Waals surface area contributed by atoms with E-state index >= 15 is 0 Å². The van der Waals surface area contributed by atoms with Crippen LogP contribution in [0.15, 0.2) is 18.2 Å². The molecule has 0 spiro atoms. The van der Waals surface area contributed by atoms with Crippen LogP contribution >= 0.6 is 0 Å². The van der Waals surface area contributed by atoms with Crippen LogP contribution in [0.2, 0.25) is 0 Å². The van der Waals surface area contributed by atoms with E-state index in [0.717, 1.165) is 25.8 Å². The third-order valence-electron chi connectivity index (χ3n) is 4.60. The molecule has 1 heterocycles. The van der Waals surface area contributed by atoms with Gasteiger partial charge in [0.1, 0.15) is 5.54 Å². The Morgan fingerprint density at radius 2 is 1.85 bits per heavy atom. The fourth-order valence-electron chi connectivity index (χ4n) is 3.42. The van der Waals surface area contributed by atoms with Crippen LogP contribution in [0.25, 0.3) is 0 Å². The molecular weight excluding hydrogens is 250 g/mol. The minimum absolute atomic E-state index is 0.134. The summed E-state index contributed by atoms with van der Waals surface area (Å²) in [5.74, 6) is -0.701. The Morgan fingerprint density at radius 3 is 2.40 bits per heavy atom. The summed E-state index contributed by atoms with van der Waals surface area (Å²) in [6.07, 6.45) is 2.81. The summed E-state index contributed by atoms with van der Waals surface area (Å²) in [7, 11) is 0. The lowest BCUT2D eigenvalue weighted by Gasteiger charge is -2.45. The first-order valence-electron chi connectivity index (χ1n) is 7.43. The Balaban J connectivity index is 2.34. The van der Waals surface area contributed by atoms with Crippen molar-refractivity contribution in [2.45, 2.75) is 58.5 Å². The third kappa shape index (κ3) is 2.73. The van der Waals surface area contributed by atoms with Gasteiger partial charge in [0.25, 0.3) is 0 Å². The fourth-order valence-corrected chi connectivity index (χ4v) is 3.42. The number of hydrogen-bond donors (Lipinski definition) is 1. The quantitative estimate of drug-likeness (QED) is 0.914. The van der Waals surface area contributed by atoms with Crippen LogP contribution in [0.5, 0.6) is 0 Å². The van der Waals surface area contributed by atoms with Gasteiger partial charge in [0, 0.05) is 6.04 Å². The molecule has 20 heavy (non-hydrogen) atoms. The Hall–Kier alpha value is -1.35. The molecule has 3 heteroatoms. The van der Waals surface area contributed by atoms with E-state index in [2.05, 4.69) is 43.9 Å². The summed E-state index contributed by atoms with van der Waals surface area (Å²) >= 11 is 0. The molecule has 1 saturated heterocycles. The zero-order valence-corrected chi connectivity index (χ0v) is 12.9. The number of likely N-dealkylation sites (tertiary alicyclic amines) is 1. The van der Waals surface area contributed by atoms with Crippen molar-refractivity contribution >= 4 is 5.97 Å². The monoisotopic (exact) mass is 275 g/mol. The molecule has 0 aromatic heterocycles. The molecule has 0 amide bonds. The van der Waals surface area contributed by atoms with Crippen LogP contribution in [0.4, 0.5) is 0 Å². The SMILES string of the molecule is Cc1cc(C)cc(C(C)N2CCCCC2(C)C(=O)O)c1. The lowest BCUT2D eigenvalue weighted by molar-refractivity contribution is -0.155. The number of nitrogens with zero attached hydrogens (tertiary/aromatic N) is 1. The molecule has 3 nitrogen and oxygen atoms in total. The molecular formula is C17H25NO2. The van der Waals surface area contributed by atoms with Gasteiger partial charge >= 0.3 is 5.97 Å². The van der Waals surface area contributed by atoms with Crippen molar-refractivity contribution < 1.29 is 9.90 Å². The van der Waals surface area contributed by atoms with Gasteiger partial charge in [0.2, 0.25) is 0 Å². The number of carbonyl (C=O) groups is 1. The normalized spacial score (nSPS) is 25.4. The maximum atomic E-state index is 11.7.